The second-order valence-corrected chi connectivity index (χ2v) is 10.6. The number of hydrogen-bond acceptors (Lipinski definition) is 5. The molecule has 204 valence electrons. The van der Waals surface area contributed by atoms with E-state index in [1.165, 1.54) is 6.07 Å². The van der Waals surface area contributed by atoms with Gasteiger partial charge in [0.15, 0.2) is 0 Å². The first-order valence-corrected chi connectivity index (χ1v) is 13.0. The smallest absolute Gasteiger partial charge is 0.370 e. The molecule has 1 N–H and O–H groups in total. The number of pyridine rings is 1. The number of hydrogen-bond donors (Lipinski definition) is 1. The molecule has 0 saturated carbocycles. The number of amides is 1. The molecule has 0 spiro atoms. The van der Waals surface area contributed by atoms with Crippen LogP contribution in [0, 0.1) is 17.2 Å². The summed E-state index contributed by atoms with van der Waals surface area (Å²) in [5.74, 6) is 0.359. The molecule has 2 fully saturated rings. The summed E-state index contributed by atoms with van der Waals surface area (Å²) in [6.07, 6.45) is 0.0891. The van der Waals surface area contributed by atoms with E-state index in [1.54, 1.807) is 6.20 Å². The van der Waals surface area contributed by atoms with Gasteiger partial charge in [-0.1, -0.05) is 6.07 Å². The van der Waals surface area contributed by atoms with E-state index in [1.807, 2.05) is 60.1 Å². The monoisotopic (exact) mass is 536 g/mol. The summed E-state index contributed by atoms with van der Waals surface area (Å²) in [4.78, 5) is 22.6. The first-order chi connectivity index (χ1) is 18.6. The van der Waals surface area contributed by atoms with Crippen LogP contribution in [0.15, 0.2) is 54.9 Å². The molecule has 7 nitrogen and oxygen atoms in total. The lowest BCUT2D eigenvalue weighted by Crippen LogP contribution is -2.55. The van der Waals surface area contributed by atoms with Gasteiger partial charge in [-0.05, 0) is 61.9 Å². The quantitative estimate of drug-likeness (QED) is 0.511. The van der Waals surface area contributed by atoms with Crippen LogP contribution in [0.4, 0.5) is 18.9 Å². The number of carbonyl (C=O) groups excluding carboxylic acids is 1. The number of carbonyl (C=O) groups is 1. The first-order valence-electron chi connectivity index (χ1n) is 13.0. The standard InChI is InChI=1S/C29H31F3N6O/c1-36-18-20(19-36)16-35-27(39)28(23-5-7-24(34-17-23)26-4-3-11-37(26)2)9-12-38(13-10-28)25-8-6-22(29(30,31)32)14-21(25)15-33/h3-8,11,14,17,20H,9-10,12-13,16,18-19H2,1-2H3,(H,35,39). The number of nitrogens with zero attached hydrogens (tertiary/aromatic N) is 5. The average molecular weight is 537 g/mol. The fourth-order valence-electron chi connectivity index (χ4n) is 5.77. The van der Waals surface area contributed by atoms with Crippen molar-refractivity contribution in [3.8, 4) is 17.5 Å². The number of nitriles is 1. The van der Waals surface area contributed by atoms with Gasteiger partial charge in [0.1, 0.15) is 6.07 Å². The molecule has 39 heavy (non-hydrogen) atoms. The minimum absolute atomic E-state index is 0.0236. The molecule has 2 aliphatic heterocycles. The van der Waals surface area contributed by atoms with E-state index < -0.39 is 17.2 Å². The van der Waals surface area contributed by atoms with Gasteiger partial charge in [-0.25, -0.2) is 0 Å². The molecule has 3 aromatic rings. The van der Waals surface area contributed by atoms with Crippen LogP contribution in [0.2, 0.25) is 0 Å². The molecule has 1 aromatic carbocycles. The number of nitrogens with one attached hydrogen (secondary N) is 1. The first kappa shape index (κ1) is 26.8. The zero-order chi connectivity index (χ0) is 27.8. The molecule has 2 aliphatic rings. The van der Waals surface area contributed by atoms with Crippen LogP contribution in [-0.2, 0) is 23.4 Å². The lowest BCUT2D eigenvalue weighted by molar-refractivity contribution is -0.137. The number of anilines is 1. The van der Waals surface area contributed by atoms with Crippen LogP contribution >= 0.6 is 0 Å². The third-order valence-corrected chi connectivity index (χ3v) is 8.05. The molecule has 10 heteroatoms. The second kappa shape index (κ2) is 10.4. The zero-order valence-corrected chi connectivity index (χ0v) is 22.0. The number of likely N-dealkylation sites (tertiary alicyclic amines) is 1. The van der Waals surface area contributed by atoms with Crippen LogP contribution < -0.4 is 10.2 Å². The van der Waals surface area contributed by atoms with E-state index in [9.17, 15) is 23.2 Å². The van der Waals surface area contributed by atoms with Crippen molar-refractivity contribution in [3.63, 3.8) is 0 Å². The van der Waals surface area contributed by atoms with Gasteiger partial charge in [0.2, 0.25) is 5.91 Å². The predicted octanol–water partition coefficient (Wildman–Crippen LogP) is 4.19. The Kier molecular flexibility index (Phi) is 7.12. The summed E-state index contributed by atoms with van der Waals surface area (Å²) in [6, 6.07) is 13.0. The lowest BCUT2D eigenvalue weighted by atomic mass is 9.72. The van der Waals surface area contributed by atoms with Gasteiger partial charge in [-0.2, -0.15) is 18.4 Å². The van der Waals surface area contributed by atoms with Crippen molar-refractivity contribution in [3.05, 3.63) is 71.5 Å². The number of aryl methyl sites for hydroxylation is 1. The predicted molar refractivity (Wildman–Crippen MR) is 142 cm³/mol. The number of halogens is 3. The van der Waals surface area contributed by atoms with E-state index in [-0.39, 0.29) is 11.5 Å². The van der Waals surface area contributed by atoms with Crippen LogP contribution in [-0.4, -0.2) is 60.1 Å². The van der Waals surface area contributed by atoms with Gasteiger partial charge in [-0.15, -0.1) is 0 Å². The normalized spacial score (nSPS) is 17.9. The van der Waals surface area contributed by atoms with Crippen molar-refractivity contribution in [2.75, 3.05) is 44.7 Å². The van der Waals surface area contributed by atoms with Gasteiger partial charge in [-0.3, -0.25) is 9.78 Å². The molecular formula is C29H31F3N6O. The molecular weight excluding hydrogens is 505 g/mol. The molecule has 4 heterocycles. The summed E-state index contributed by atoms with van der Waals surface area (Å²) >= 11 is 0. The Morgan fingerprint density at radius 3 is 2.46 bits per heavy atom. The van der Waals surface area contributed by atoms with Crippen molar-refractivity contribution < 1.29 is 18.0 Å². The van der Waals surface area contributed by atoms with E-state index in [2.05, 4.69) is 15.2 Å². The Balaban J connectivity index is 1.40. The van der Waals surface area contributed by atoms with Crippen molar-refractivity contribution in [1.29, 1.82) is 5.26 Å². The fraction of sp³-hybridized carbons (Fsp3) is 0.414. The van der Waals surface area contributed by atoms with Crippen LogP contribution in [0.5, 0.6) is 0 Å². The van der Waals surface area contributed by atoms with Crippen LogP contribution in [0.1, 0.15) is 29.5 Å². The largest absolute Gasteiger partial charge is 0.416 e. The minimum atomic E-state index is -4.52. The molecule has 5 rings (SSSR count). The van der Waals surface area contributed by atoms with Crippen molar-refractivity contribution in [1.82, 2.24) is 19.8 Å². The number of aromatic nitrogens is 2. The summed E-state index contributed by atoms with van der Waals surface area (Å²) < 4.78 is 41.6. The Labute approximate surface area is 225 Å². The highest BCUT2D eigenvalue weighted by atomic mass is 19.4. The molecule has 0 radical (unpaired) electrons. The minimum Gasteiger partial charge on any atom is -0.370 e. The van der Waals surface area contributed by atoms with Crippen molar-refractivity contribution >= 4 is 11.6 Å². The third kappa shape index (κ3) is 5.23. The molecule has 0 bridgehead atoms. The summed E-state index contributed by atoms with van der Waals surface area (Å²) in [7, 11) is 4.00. The topological polar surface area (TPSA) is 77.2 Å². The Morgan fingerprint density at radius 2 is 1.90 bits per heavy atom. The summed E-state index contributed by atoms with van der Waals surface area (Å²) in [6.45, 7) is 3.32. The van der Waals surface area contributed by atoms with Gasteiger partial charge in [0.25, 0.3) is 0 Å². The number of alkyl halides is 3. The highest BCUT2D eigenvalue weighted by Crippen LogP contribution is 2.39. The van der Waals surface area contributed by atoms with E-state index >= 15 is 0 Å². The highest BCUT2D eigenvalue weighted by molar-refractivity contribution is 5.89. The van der Waals surface area contributed by atoms with Gasteiger partial charge >= 0.3 is 6.18 Å². The molecule has 0 atom stereocenters. The maximum Gasteiger partial charge on any atom is 0.416 e. The van der Waals surface area contributed by atoms with Gasteiger partial charge in [0.05, 0.1) is 33.6 Å². The third-order valence-electron chi connectivity index (χ3n) is 8.05. The van der Waals surface area contributed by atoms with Gasteiger partial charge < -0.3 is 19.7 Å². The molecule has 2 aromatic heterocycles. The molecule has 0 unspecified atom stereocenters. The van der Waals surface area contributed by atoms with Crippen molar-refractivity contribution in [2.24, 2.45) is 13.0 Å². The van der Waals surface area contributed by atoms with E-state index in [0.717, 1.165) is 42.2 Å². The number of rotatable bonds is 6. The van der Waals surface area contributed by atoms with E-state index in [4.69, 9.17) is 0 Å². The maximum absolute atomic E-state index is 13.8. The fourth-order valence-corrected chi connectivity index (χ4v) is 5.77. The second-order valence-electron chi connectivity index (χ2n) is 10.6. The Bertz CT molecular complexity index is 1380. The van der Waals surface area contributed by atoms with E-state index in [0.29, 0.717) is 44.1 Å². The number of piperidine rings is 1. The summed E-state index contributed by atoms with van der Waals surface area (Å²) in [5, 5.41) is 12.8. The SMILES string of the molecule is CN1CC(CNC(=O)C2(c3ccc(-c4cccn4C)nc3)CCN(c3ccc(C(F)(F)F)cc3C#N)CC2)C1. The van der Waals surface area contributed by atoms with Crippen molar-refractivity contribution in [2.45, 2.75) is 24.4 Å². The molecule has 2 saturated heterocycles. The average Bonchev–Trinajstić information content (AvgIpc) is 3.35. The molecule has 1 amide bonds. The maximum atomic E-state index is 13.8. The molecule has 0 aliphatic carbocycles. The summed E-state index contributed by atoms with van der Waals surface area (Å²) in [5.41, 5.74) is 1.34. The lowest BCUT2D eigenvalue weighted by Gasteiger charge is -2.43. The van der Waals surface area contributed by atoms with Crippen LogP contribution in [0.3, 0.4) is 0 Å². The highest BCUT2D eigenvalue weighted by Gasteiger charge is 2.44. The number of benzene rings is 1. The Morgan fingerprint density at radius 1 is 1.15 bits per heavy atom. The van der Waals surface area contributed by atoms with Crippen LogP contribution in [0.25, 0.3) is 11.4 Å². The Hall–Kier alpha value is -3.84. The van der Waals surface area contributed by atoms with Gasteiger partial charge in [0, 0.05) is 58.1 Å². The zero-order valence-electron chi connectivity index (χ0n) is 22.0.